The van der Waals surface area contributed by atoms with Crippen molar-refractivity contribution in [1.82, 2.24) is 15.4 Å². The van der Waals surface area contributed by atoms with Crippen LogP contribution < -0.4 is 0 Å². The highest BCUT2D eigenvalue weighted by molar-refractivity contribution is 5.69. The van der Waals surface area contributed by atoms with Crippen LogP contribution in [0.3, 0.4) is 0 Å². The van der Waals surface area contributed by atoms with Crippen LogP contribution in [0, 0.1) is 0 Å². The Morgan fingerprint density at radius 1 is 1.15 bits per heavy atom. The predicted octanol–water partition coefficient (Wildman–Crippen LogP) is 2.61. The summed E-state index contributed by atoms with van der Waals surface area (Å²) in [7, 11) is 0. The van der Waals surface area contributed by atoms with Crippen LogP contribution in [0.2, 0.25) is 0 Å². The van der Waals surface area contributed by atoms with Crippen LogP contribution in [0.25, 0.3) is 22.8 Å². The van der Waals surface area contributed by atoms with Crippen molar-refractivity contribution in [1.29, 1.82) is 0 Å². The van der Waals surface area contributed by atoms with E-state index in [-0.39, 0.29) is 6.29 Å². The first-order chi connectivity index (χ1) is 9.92. The van der Waals surface area contributed by atoms with Gasteiger partial charge in [0.15, 0.2) is 12.1 Å². The Balaban J connectivity index is 1.84. The van der Waals surface area contributed by atoms with Crippen LogP contribution in [0.5, 0.6) is 0 Å². The van der Waals surface area contributed by atoms with E-state index < -0.39 is 0 Å². The number of nitrogens with zero attached hydrogens (tertiary/aromatic N) is 2. The summed E-state index contributed by atoms with van der Waals surface area (Å²) in [4.78, 5) is 0. The van der Waals surface area contributed by atoms with Gasteiger partial charge in [-0.05, 0) is 18.6 Å². The molecule has 20 heavy (non-hydrogen) atoms. The van der Waals surface area contributed by atoms with E-state index in [1.54, 1.807) is 6.20 Å². The Morgan fingerprint density at radius 3 is 2.85 bits per heavy atom. The Morgan fingerprint density at radius 2 is 2.05 bits per heavy atom. The lowest BCUT2D eigenvalue weighted by molar-refractivity contribution is -0.182. The molecule has 1 saturated heterocycles. The highest BCUT2D eigenvalue weighted by atomic mass is 16.7. The molecule has 1 aliphatic carbocycles. The maximum atomic E-state index is 5.84. The van der Waals surface area contributed by atoms with Gasteiger partial charge in [0.1, 0.15) is 11.5 Å². The Hall–Kier alpha value is -2.18. The van der Waals surface area contributed by atoms with Gasteiger partial charge in [0.25, 0.3) is 0 Å². The fraction of sp³-hybridized carbons (Fsp3) is 0.286. The zero-order valence-corrected chi connectivity index (χ0v) is 10.7. The SMILES string of the molecule is c1cc2oc(-c3cn[nH]n3)cc(C3OCCCO3)c-2c1. The first kappa shape index (κ1) is 11.6. The second kappa shape index (κ2) is 4.73. The average molecular weight is 271 g/mol. The summed E-state index contributed by atoms with van der Waals surface area (Å²) in [6.45, 7) is 1.41. The fourth-order valence-corrected chi connectivity index (χ4v) is 2.41. The molecular formula is C14H13N3O3. The number of H-pyrrole nitrogens is 1. The van der Waals surface area contributed by atoms with E-state index in [9.17, 15) is 0 Å². The summed E-state index contributed by atoms with van der Waals surface area (Å²) >= 11 is 0. The minimum Gasteiger partial charge on any atom is -0.454 e. The third-order valence-electron chi connectivity index (χ3n) is 3.34. The minimum atomic E-state index is -0.351. The Kier molecular flexibility index (Phi) is 2.75. The molecule has 0 unspecified atom stereocenters. The summed E-state index contributed by atoms with van der Waals surface area (Å²) in [5.74, 6) is 1.43. The van der Waals surface area contributed by atoms with Crippen LogP contribution >= 0.6 is 0 Å². The van der Waals surface area contributed by atoms with Gasteiger partial charge in [-0.2, -0.15) is 15.4 Å². The molecule has 3 heterocycles. The summed E-state index contributed by atoms with van der Waals surface area (Å²) in [6.07, 6.45) is 2.20. The minimum absolute atomic E-state index is 0.351. The molecule has 1 N–H and O–H groups in total. The van der Waals surface area contributed by atoms with Gasteiger partial charge in [-0.1, -0.05) is 12.1 Å². The first-order valence-corrected chi connectivity index (χ1v) is 6.53. The topological polar surface area (TPSA) is 73.2 Å². The number of fused-ring (bicyclic) bond motifs is 1. The van der Waals surface area contributed by atoms with Gasteiger partial charge in [-0.25, -0.2) is 0 Å². The molecule has 0 amide bonds. The third kappa shape index (κ3) is 1.90. The molecule has 1 fully saturated rings. The molecule has 4 rings (SSSR count). The van der Waals surface area contributed by atoms with E-state index in [1.165, 1.54) is 0 Å². The Bertz CT molecular complexity index is 671. The quantitative estimate of drug-likeness (QED) is 0.775. The molecule has 1 aromatic heterocycles. The lowest BCUT2D eigenvalue weighted by atomic mass is 10.1. The molecule has 102 valence electrons. The Labute approximate surface area is 115 Å². The van der Waals surface area contributed by atoms with E-state index in [1.807, 2.05) is 24.3 Å². The van der Waals surface area contributed by atoms with Crippen molar-refractivity contribution in [2.75, 3.05) is 13.2 Å². The molecule has 3 aliphatic rings. The molecule has 1 aromatic rings. The van der Waals surface area contributed by atoms with Crippen LogP contribution in [0.1, 0.15) is 18.3 Å². The number of hydrogen-bond donors (Lipinski definition) is 1. The highest BCUT2D eigenvalue weighted by Crippen LogP contribution is 2.38. The molecule has 6 heteroatoms. The van der Waals surface area contributed by atoms with Crippen LogP contribution in [-0.2, 0) is 9.47 Å². The second-order valence-electron chi connectivity index (χ2n) is 4.65. The number of aromatic amines is 1. The largest absolute Gasteiger partial charge is 0.454 e. The molecular weight excluding hydrogens is 258 g/mol. The standard InChI is InChI=1S/C14H13N3O3/c1-3-9-10(14-18-5-2-6-19-14)7-13(20-12(9)4-1)11-8-15-17-16-11/h1,3-4,7-8,14H,2,5-6H2,(H,15,16,17). The summed E-state index contributed by atoms with van der Waals surface area (Å²) < 4.78 is 17.3. The zero-order valence-electron chi connectivity index (χ0n) is 10.7. The number of nitrogens with one attached hydrogen (secondary N) is 1. The molecule has 0 saturated carbocycles. The number of ether oxygens (including phenoxy) is 2. The average Bonchev–Trinajstić information content (AvgIpc) is 3.18. The van der Waals surface area contributed by atoms with Crippen molar-refractivity contribution >= 4 is 0 Å². The van der Waals surface area contributed by atoms with E-state index in [0.717, 1.165) is 23.3 Å². The summed E-state index contributed by atoms with van der Waals surface area (Å²) in [5.41, 5.74) is 2.63. The van der Waals surface area contributed by atoms with Gasteiger partial charge < -0.3 is 13.9 Å². The van der Waals surface area contributed by atoms with E-state index in [0.29, 0.717) is 24.7 Å². The van der Waals surface area contributed by atoms with Crippen LogP contribution in [-0.4, -0.2) is 28.6 Å². The number of hydrogen-bond acceptors (Lipinski definition) is 5. The maximum absolute atomic E-state index is 5.84. The predicted molar refractivity (Wildman–Crippen MR) is 70.0 cm³/mol. The van der Waals surface area contributed by atoms with Crippen molar-refractivity contribution in [3.63, 3.8) is 0 Å². The van der Waals surface area contributed by atoms with Crippen LogP contribution in [0.4, 0.5) is 0 Å². The lowest BCUT2D eigenvalue weighted by Crippen LogP contribution is -2.18. The monoisotopic (exact) mass is 271 g/mol. The number of aromatic nitrogens is 3. The number of rotatable bonds is 2. The lowest BCUT2D eigenvalue weighted by Gasteiger charge is -2.25. The molecule has 0 spiro atoms. The molecule has 6 nitrogen and oxygen atoms in total. The van der Waals surface area contributed by atoms with Gasteiger partial charge in [0, 0.05) is 11.1 Å². The van der Waals surface area contributed by atoms with Crippen LogP contribution in [0.15, 0.2) is 34.9 Å². The zero-order chi connectivity index (χ0) is 13.4. The third-order valence-corrected chi connectivity index (χ3v) is 3.34. The van der Waals surface area contributed by atoms with Gasteiger partial charge in [-0.3, -0.25) is 0 Å². The second-order valence-corrected chi connectivity index (χ2v) is 4.65. The van der Waals surface area contributed by atoms with E-state index in [2.05, 4.69) is 15.4 Å². The normalized spacial score (nSPS) is 16.8. The van der Waals surface area contributed by atoms with Gasteiger partial charge in [0.2, 0.25) is 0 Å². The molecule has 0 radical (unpaired) electrons. The van der Waals surface area contributed by atoms with Gasteiger partial charge in [-0.15, -0.1) is 0 Å². The van der Waals surface area contributed by atoms with Crippen molar-refractivity contribution in [3.05, 3.63) is 36.0 Å². The van der Waals surface area contributed by atoms with Crippen molar-refractivity contribution in [2.24, 2.45) is 0 Å². The molecule has 0 bridgehead atoms. The summed E-state index contributed by atoms with van der Waals surface area (Å²) in [5, 5.41) is 10.4. The molecule has 0 aromatic carbocycles. The van der Waals surface area contributed by atoms with Crippen molar-refractivity contribution in [2.45, 2.75) is 12.7 Å². The highest BCUT2D eigenvalue weighted by Gasteiger charge is 2.24. The van der Waals surface area contributed by atoms with E-state index in [4.69, 9.17) is 13.9 Å². The molecule has 2 aliphatic heterocycles. The first-order valence-electron chi connectivity index (χ1n) is 6.53. The summed E-state index contributed by atoms with van der Waals surface area (Å²) in [6, 6.07) is 7.79. The molecule has 0 atom stereocenters. The fourth-order valence-electron chi connectivity index (χ4n) is 2.41. The maximum Gasteiger partial charge on any atom is 0.184 e. The van der Waals surface area contributed by atoms with E-state index >= 15 is 0 Å². The van der Waals surface area contributed by atoms with Crippen molar-refractivity contribution in [3.8, 4) is 22.8 Å². The van der Waals surface area contributed by atoms with Gasteiger partial charge >= 0.3 is 0 Å². The van der Waals surface area contributed by atoms with Crippen molar-refractivity contribution < 1.29 is 13.9 Å². The van der Waals surface area contributed by atoms with Gasteiger partial charge in [0.05, 0.1) is 19.4 Å². The smallest absolute Gasteiger partial charge is 0.184 e.